The molecule has 9 heteroatoms. The largest absolute Gasteiger partial charge is 0.390 e. The number of hydrogen-bond donors (Lipinski definition) is 3. The first kappa shape index (κ1) is 21.6. The maximum absolute atomic E-state index is 14.5. The third kappa shape index (κ3) is 4.13. The van der Waals surface area contributed by atoms with Gasteiger partial charge in [0.25, 0.3) is 5.56 Å². The van der Waals surface area contributed by atoms with Crippen molar-refractivity contribution >= 4 is 45.6 Å². The van der Waals surface area contributed by atoms with Gasteiger partial charge in [-0.25, -0.2) is 4.39 Å². The van der Waals surface area contributed by atoms with Crippen LogP contribution in [0, 0.1) is 5.82 Å². The Morgan fingerprint density at radius 2 is 2.06 bits per heavy atom. The maximum Gasteiger partial charge on any atom is 0.256 e. The van der Waals surface area contributed by atoms with Crippen LogP contribution in [0.1, 0.15) is 29.8 Å². The van der Waals surface area contributed by atoms with Gasteiger partial charge in [0.15, 0.2) is 0 Å². The zero-order chi connectivity index (χ0) is 22.3. The van der Waals surface area contributed by atoms with Crippen molar-refractivity contribution in [1.82, 2.24) is 9.88 Å². The fourth-order valence-corrected chi connectivity index (χ4v) is 4.77. The van der Waals surface area contributed by atoms with Gasteiger partial charge >= 0.3 is 0 Å². The van der Waals surface area contributed by atoms with Crippen LogP contribution in [-0.4, -0.2) is 34.0 Å². The molecule has 2 heterocycles. The van der Waals surface area contributed by atoms with Crippen LogP contribution in [0.4, 0.5) is 10.1 Å². The molecule has 0 saturated carbocycles. The van der Waals surface area contributed by atoms with Crippen LogP contribution in [0.2, 0.25) is 10.0 Å². The van der Waals surface area contributed by atoms with Gasteiger partial charge in [-0.1, -0.05) is 23.2 Å². The van der Waals surface area contributed by atoms with Crippen molar-refractivity contribution < 1.29 is 14.3 Å². The molecule has 1 aliphatic rings. The zero-order valence-electron chi connectivity index (χ0n) is 16.6. The monoisotopic (exact) mass is 463 g/mol. The van der Waals surface area contributed by atoms with Gasteiger partial charge in [-0.2, -0.15) is 0 Å². The fourth-order valence-electron chi connectivity index (χ4n) is 4.08. The molecule has 1 aliphatic heterocycles. The van der Waals surface area contributed by atoms with Crippen LogP contribution in [0.5, 0.6) is 0 Å². The van der Waals surface area contributed by atoms with Crippen LogP contribution in [0.15, 0.2) is 35.1 Å². The summed E-state index contributed by atoms with van der Waals surface area (Å²) in [5.74, 6) is -0.845. The summed E-state index contributed by atoms with van der Waals surface area (Å²) in [5, 5.41) is 13.8. The first-order valence-electron chi connectivity index (χ1n) is 9.76. The molecule has 3 N–H and O–H groups in total. The summed E-state index contributed by atoms with van der Waals surface area (Å²) < 4.78 is 14.5. The van der Waals surface area contributed by atoms with Gasteiger partial charge in [0.05, 0.1) is 30.3 Å². The zero-order valence-corrected chi connectivity index (χ0v) is 18.1. The van der Waals surface area contributed by atoms with Crippen molar-refractivity contribution in [2.45, 2.75) is 26.0 Å². The minimum absolute atomic E-state index is 0.102. The number of amides is 1. The number of anilines is 1. The van der Waals surface area contributed by atoms with Crippen molar-refractivity contribution in [3.05, 3.63) is 73.4 Å². The molecule has 0 fully saturated rings. The lowest BCUT2D eigenvalue weighted by Gasteiger charge is -2.36. The minimum Gasteiger partial charge on any atom is -0.390 e. The number of nitrogens with one attached hydrogen (secondary N) is 2. The maximum atomic E-state index is 14.5. The SMILES string of the molecule is C[C@H]1c2c(Cl)cc(Cl)cc2CCN1C(=O)CNc1cc2cc(CO)[nH]c(=O)c2cc1F. The van der Waals surface area contributed by atoms with E-state index in [4.69, 9.17) is 23.2 Å². The second-order valence-electron chi connectivity index (χ2n) is 7.53. The van der Waals surface area contributed by atoms with Gasteiger partial charge in [-0.3, -0.25) is 9.59 Å². The molecular weight excluding hydrogens is 444 g/mol. The Kier molecular flexibility index (Phi) is 5.92. The van der Waals surface area contributed by atoms with Crippen LogP contribution in [-0.2, 0) is 17.8 Å². The average Bonchev–Trinajstić information content (AvgIpc) is 2.72. The topological polar surface area (TPSA) is 85.4 Å². The number of fused-ring (bicyclic) bond motifs is 2. The molecule has 0 saturated heterocycles. The van der Waals surface area contributed by atoms with Crippen molar-refractivity contribution in [2.75, 3.05) is 18.4 Å². The molecule has 0 radical (unpaired) electrons. The number of aliphatic hydroxyl groups is 1. The van der Waals surface area contributed by atoms with Crippen molar-refractivity contribution in [3.63, 3.8) is 0 Å². The number of benzene rings is 2. The Labute approximate surface area is 187 Å². The highest BCUT2D eigenvalue weighted by molar-refractivity contribution is 6.35. The van der Waals surface area contributed by atoms with Crippen LogP contribution in [0.3, 0.4) is 0 Å². The first-order valence-corrected chi connectivity index (χ1v) is 10.5. The highest BCUT2D eigenvalue weighted by atomic mass is 35.5. The number of aromatic amines is 1. The number of rotatable bonds is 4. The summed E-state index contributed by atoms with van der Waals surface area (Å²) in [7, 11) is 0. The lowest BCUT2D eigenvalue weighted by molar-refractivity contribution is -0.131. The third-order valence-electron chi connectivity index (χ3n) is 5.60. The van der Waals surface area contributed by atoms with Gasteiger partial charge < -0.3 is 20.3 Å². The molecule has 3 aromatic rings. The number of aliphatic hydroxyl groups excluding tert-OH is 1. The van der Waals surface area contributed by atoms with E-state index in [-0.39, 0.29) is 36.2 Å². The summed E-state index contributed by atoms with van der Waals surface area (Å²) >= 11 is 12.5. The van der Waals surface area contributed by atoms with Gasteiger partial charge in [0, 0.05) is 22.3 Å². The molecule has 0 unspecified atom stereocenters. The van der Waals surface area contributed by atoms with E-state index >= 15 is 0 Å². The van der Waals surface area contributed by atoms with Crippen molar-refractivity contribution in [2.24, 2.45) is 0 Å². The van der Waals surface area contributed by atoms with E-state index in [1.807, 2.05) is 13.0 Å². The minimum atomic E-state index is -0.641. The summed E-state index contributed by atoms with van der Waals surface area (Å²) in [5.41, 5.74) is 1.83. The number of halogens is 3. The molecule has 2 aromatic carbocycles. The number of nitrogens with zero attached hydrogens (tertiary/aromatic N) is 1. The Bertz CT molecular complexity index is 1240. The lowest BCUT2D eigenvalue weighted by Crippen LogP contribution is -2.42. The molecule has 1 atom stereocenters. The summed E-state index contributed by atoms with van der Waals surface area (Å²) in [6.45, 7) is 1.94. The number of hydrogen-bond acceptors (Lipinski definition) is 4. The second kappa shape index (κ2) is 8.49. The van der Waals surface area contributed by atoms with E-state index in [0.717, 1.165) is 17.2 Å². The second-order valence-corrected chi connectivity index (χ2v) is 8.37. The van der Waals surface area contributed by atoms with Gasteiger partial charge in [-0.05, 0) is 60.2 Å². The number of aromatic nitrogens is 1. The molecule has 162 valence electrons. The Morgan fingerprint density at radius 1 is 1.29 bits per heavy atom. The molecule has 0 spiro atoms. The van der Waals surface area contributed by atoms with E-state index in [9.17, 15) is 19.1 Å². The summed E-state index contributed by atoms with van der Waals surface area (Å²) in [6.07, 6.45) is 0.628. The fraction of sp³-hybridized carbons (Fsp3) is 0.273. The lowest BCUT2D eigenvalue weighted by atomic mass is 9.93. The van der Waals surface area contributed by atoms with Gasteiger partial charge in [0.2, 0.25) is 5.91 Å². The average molecular weight is 464 g/mol. The summed E-state index contributed by atoms with van der Waals surface area (Å²) in [4.78, 5) is 29.1. The quantitative estimate of drug-likeness (QED) is 0.545. The highest BCUT2D eigenvalue weighted by Crippen LogP contribution is 2.37. The molecular formula is C22H20Cl2FN3O3. The van der Waals surface area contributed by atoms with Crippen LogP contribution >= 0.6 is 23.2 Å². The third-order valence-corrected chi connectivity index (χ3v) is 6.13. The number of carbonyl (C=O) groups excluding carboxylic acids is 1. The van der Waals surface area contributed by atoms with E-state index in [2.05, 4.69) is 10.3 Å². The normalized spacial score (nSPS) is 15.8. The van der Waals surface area contributed by atoms with E-state index in [1.54, 1.807) is 17.0 Å². The number of H-pyrrole nitrogens is 1. The molecule has 6 nitrogen and oxygen atoms in total. The summed E-state index contributed by atoms with van der Waals surface area (Å²) in [6, 6.07) is 7.43. The Hall–Kier alpha value is -2.61. The first-order chi connectivity index (χ1) is 14.8. The molecule has 0 aliphatic carbocycles. The van der Waals surface area contributed by atoms with E-state index in [1.165, 1.54) is 6.07 Å². The molecule has 1 aromatic heterocycles. The standard InChI is InChI=1S/C22H20Cl2FN3O3/c1-11-21-12(4-14(23)7-17(21)24)2-3-28(11)20(30)9-26-19-6-13-5-15(10-29)27-22(31)16(13)8-18(19)25/h4-8,11,26,29H,2-3,9-10H2,1H3,(H,27,31)/t11-/m0/s1. The highest BCUT2D eigenvalue weighted by Gasteiger charge is 2.29. The van der Waals surface area contributed by atoms with Crippen molar-refractivity contribution in [3.8, 4) is 0 Å². The molecule has 31 heavy (non-hydrogen) atoms. The molecule has 1 amide bonds. The predicted molar refractivity (Wildman–Crippen MR) is 119 cm³/mol. The Balaban J connectivity index is 1.54. The van der Waals surface area contributed by atoms with Crippen LogP contribution < -0.4 is 10.9 Å². The van der Waals surface area contributed by atoms with E-state index in [0.29, 0.717) is 34.1 Å². The smallest absolute Gasteiger partial charge is 0.256 e. The van der Waals surface area contributed by atoms with Crippen LogP contribution in [0.25, 0.3) is 10.8 Å². The van der Waals surface area contributed by atoms with Gasteiger partial charge in [-0.15, -0.1) is 0 Å². The molecule has 4 rings (SSSR count). The number of pyridine rings is 1. The predicted octanol–water partition coefficient (Wildman–Crippen LogP) is 4.02. The van der Waals surface area contributed by atoms with Crippen molar-refractivity contribution in [1.29, 1.82) is 0 Å². The Morgan fingerprint density at radius 3 is 2.81 bits per heavy atom. The van der Waals surface area contributed by atoms with Gasteiger partial charge in [0.1, 0.15) is 5.82 Å². The number of carbonyl (C=O) groups is 1. The molecule has 0 bridgehead atoms. The van der Waals surface area contributed by atoms with E-state index < -0.39 is 11.4 Å².